The quantitative estimate of drug-likeness (QED) is 0.826. The molecule has 0 aliphatic carbocycles. The molecule has 0 radical (unpaired) electrons. The molecule has 1 aromatic carbocycles. The van der Waals surface area contributed by atoms with Crippen LogP contribution in [-0.4, -0.2) is 17.6 Å². The lowest BCUT2D eigenvalue weighted by Gasteiger charge is -2.32. The van der Waals surface area contributed by atoms with Crippen molar-refractivity contribution < 1.29 is 0 Å². The predicted octanol–water partition coefficient (Wildman–Crippen LogP) is 2.47. The Hall–Kier alpha value is -0.860. The van der Waals surface area contributed by atoms with Gasteiger partial charge in [-0.3, -0.25) is 4.90 Å². The monoisotopic (exact) mass is 218 g/mol. The highest BCUT2D eigenvalue weighted by molar-refractivity contribution is 5.35. The number of hydrogen-bond acceptors (Lipinski definition) is 2. The van der Waals surface area contributed by atoms with Gasteiger partial charge in [0.15, 0.2) is 0 Å². The van der Waals surface area contributed by atoms with E-state index < -0.39 is 0 Å². The smallest absolute Gasteiger partial charge is 0.0546 e. The Morgan fingerprint density at radius 3 is 2.56 bits per heavy atom. The maximum atomic E-state index is 5.95. The number of benzene rings is 1. The lowest BCUT2D eigenvalue weighted by atomic mass is 9.93. The fourth-order valence-corrected chi connectivity index (χ4v) is 2.31. The van der Waals surface area contributed by atoms with Crippen LogP contribution >= 0.6 is 0 Å². The largest absolute Gasteiger partial charge is 0.316 e. The molecule has 1 unspecified atom stereocenters. The molecule has 0 amide bonds. The molecule has 0 aromatic heterocycles. The number of fused-ring (bicyclic) bond motifs is 1. The summed E-state index contributed by atoms with van der Waals surface area (Å²) in [6.07, 6.45) is 1.30. The van der Waals surface area contributed by atoms with Crippen LogP contribution in [0.3, 0.4) is 0 Å². The highest BCUT2D eigenvalue weighted by atomic mass is 15.2. The van der Waals surface area contributed by atoms with Crippen molar-refractivity contribution in [2.45, 2.75) is 45.8 Å². The van der Waals surface area contributed by atoms with Crippen LogP contribution in [0, 0.1) is 0 Å². The van der Waals surface area contributed by atoms with Gasteiger partial charge in [0.25, 0.3) is 0 Å². The number of hydrogen-bond donors (Lipinski definition) is 1. The van der Waals surface area contributed by atoms with Crippen LogP contribution in [0.25, 0.3) is 0 Å². The van der Waals surface area contributed by atoms with E-state index >= 15 is 0 Å². The van der Waals surface area contributed by atoms with Crippen LogP contribution in [-0.2, 0) is 13.0 Å². The van der Waals surface area contributed by atoms with Crippen molar-refractivity contribution >= 4 is 0 Å². The zero-order chi connectivity index (χ0) is 11.7. The van der Waals surface area contributed by atoms with Gasteiger partial charge in [0.2, 0.25) is 0 Å². The van der Waals surface area contributed by atoms with Crippen molar-refractivity contribution in [3.63, 3.8) is 0 Å². The Balaban J connectivity index is 2.25. The second kappa shape index (κ2) is 4.56. The molecule has 1 aliphatic heterocycles. The van der Waals surface area contributed by atoms with E-state index in [2.05, 4.69) is 43.9 Å². The molecule has 0 saturated heterocycles. The summed E-state index contributed by atoms with van der Waals surface area (Å²) in [6.45, 7) is 8.65. The molecule has 1 aliphatic rings. The van der Waals surface area contributed by atoms with Crippen molar-refractivity contribution in [3.05, 3.63) is 34.9 Å². The van der Waals surface area contributed by atoms with Crippen LogP contribution in [0.4, 0.5) is 0 Å². The van der Waals surface area contributed by atoms with Crippen LogP contribution < -0.4 is 5.73 Å². The molecule has 2 N–H and O–H groups in total. The summed E-state index contributed by atoms with van der Waals surface area (Å²) in [6, 6.07) is 6.92. The molecule has 1 aromatic rings. The first-order valence-electron chi connectivity index (χ1n) is 6.19. The first-order valence-corrected chi connectivity index (χ1v) is 6.19. The first kappa shape index (κ1) is 11.6. The van der Waals surface area contributed by atoms with Crippen molar-refractivity contribution in [1.82, 2.24) is 4.90 Å². The van der Waals surface area contributed by atoms with Crippen LogP contribution in [0.5, 0.6) is 0 Å². The fraction of sp³-hybridized carbons (Fsp3) is 0.571. The highest BCUT2D eigenvalue weighted by Crippen LogP contribution is 2.24. The van der Waals surface area contributed by atoms with Gasteiger partial charge in [-0.05, 0) is 36.0 Å². The molecular weight excluding hydrogens is 196 g/mol. The minimum Gasteiger partial charge on any atom is -0.316 e. The van der Waals surface area contributed by atoms with Crippen molar-refractivity contribution in [1.29, 1.82) is 0 Å². The molecular formula is C14H22N2. The van der Waals surface area contributed by atoms with E-state index in [1.807, 2.05) is 0 Å². The van der Waals surface area contributed by atoms with Crippen LogP contribution in [0.2, 0.25) is 0 Å². The second-order valence-corrected chi connectivity index (χ2v) is 5.14. The standard InChI is InChI=1S/C14H22N2/c1-10(2)13-5-4-12-6-7-16(11(3)15)9-14(12)8-13/h4-5,8,10-11H,6-7,9,15H2,1-3H3. The lowest BCUT2D eigenvalue weighted by Crippen LogP contribution is -2.42. The van der Waals surface area contributed by atoms with Gasteiger partial charge in [0.05, 0.1) is 6.17 Å². The van der Waals surface area contributed by atoms with E-state index in [1.54, 1.807) is 0 Å². The minimum absolute atomic E-state index is 0.163. The molecule has 0 saturated carbocycles. The van der Waals surface area contributed by atoms with Gasteiger partial charge in [0, 0.05) is 13.1 Å². The van der Waals surface area contributed by atoms with Gasteiger partial charge in [-0.15, -0.1) is 0 Å². The summed E-state index contributed by atoms with van der Waals surface area (Å²) in [5, 5.41) is 0. The zero-order valence-corrected chi connectivity index (χ0v) is 10.5. The van der Waals surface area contributed by atoms with Gasteiger partial charge >= 0.3 is 0 Å². The van der Waals surface area contributed by atoms with Crippen LogP contribution in [0.1, 0.15) is 43.4 Å². The molecule has 2 nitrogen and oxygen atoms in total. The van der Waals surface area contributed by atoms with Gasteiger partial charge < -0.3 is 5.73 Å². The number of nitrogens with two attached hydrogens (primary N) is 1. The molecule has 88 valence electrons. The summed E-state index contributed by atoms with van der Waals surface area (Å²) >= 11 is 0. The Labute approximate surface area is 98.4 Å². The van der Waals surface area contributed by atoms with Gasteiger partial charge in [-0.2, -0.15) is 0 Å². The number of nitrogens with zero attached hydrogens (tertiary/aromatic N) is 1. The molecule has 0 bridgehead atoms. The summed E-state index contributed by atoms with van der Waals surface area (Å²) in [7, 11) is 0. The van der Waals surface area contributed by atoms with Crippen LogP contribution in [0.15, 0.2) is 18.2 Å². The average molecular weight is 218 g/mol. The van der Waals surface area contributed by atoms with E-state index in [9.17, 15) is 0 Å². The van der Waals surface area contributed by atoms with E-state index in [1.165, 1.54) is 16.7 Å². The van der Waals surface area contributed by atoms with Gasteiger partial charge in [0.1, 0.15) is 0 Å². The molecule has 2 heteroatoms. The first-order chi connectivity index (χ1) is 7.58. The lowest BCUT2D eigenvalue weighted by molar-refractivity contribution is 0.195. The average Bonchev–Trinajstić information content (AvgIpc) is 2.27. The minimum atomic E-state index is 0.163. The third-order valence-electron chi connectivity index (χ3n) is 3.51. The van der Waals surface area contributed by atoms with E-state index in [-0.39, 0.29) is 6.17 Å². The van der Waals surface area contributed by atoms with Crippen molar-refractivity contribution in [2.24, 2.45) is 5.73 Å². The molecule has 1 heterocycles. The summed E-state index contributed by atoms with van der Waals surface area (Å²) in [4.78, 5) is 2.34. The van der Waals surface area contributed by atoms with E-state index in [0.29, 0.717) is 5.92 Å². The Kier molecular flexibility index (Phi) is 3.31. The zero-order valence-electron chi connectivity index (χ0n) is 10.5. The number of rotatable bonds is 2. The summed E-state index contributed by atoms with van der Waals surface area (Å²) in [5.41, 5.74) is 10.4. The third-order valence-corrected chi connectivity index (χ3v) is 3.51. The van der Waals surface area contributed by atoms with Gasteiger partial charge in [-0.1, -0.05) is 32.0 Å². The Morgan fingerprint density at radius 2 is 1.94 bits per heavy atom. The molecule has 16 heavy (non-hydrogen) atoms. The molecule has 0 spiro atoms. The SMILES string of the molecule is CC(C)c1ccc2c(c1)CN(C(C)N)CC2. The topological polar surface area (TPSA) is 29.3 Å². The Morgan fingerprint density at radius 1 is 1.19 bits per heavy atom. The van der Waals surface area contributed by atoms with E-state index in [4.69, 9.17) is 5.73 Å². The molecule has 2 rings (SSSR count). The highest BCUT2D eigenvalue weighted by Gasteiger charge is 2.18. The normalized spacial score (nSPS) is 18.6. The third kappa shape index (κ3) is 2.28. The van der Waals surface area contributed by atoms with E-state index in [0.717, 1.165) is 19.5 Å². The van der Waals surface area contributed by atoms with Gasteiger partial charge in [-0.25, -0.2) is 0 Å². The molecule has 1 atom stereocenters. The maximum Gasteiger partial charge on any atom is 0.0546 e. The van der Waals surface area contributed by atoms with Crippen molar-refractivity contribution in [2.75, 3.05) is 6.54 Å². The maximum absolute atomic E-state index is 5.95. The second-order valence-electron chi connectivity index (χ2n) is 5.14. The Bertz CT molecular complexity index is 369. The molecule has 0 fully saturated rings. The van der Waals surface area contributed by atoms with Crippen molar-refractivity contribution in [3.8, 4) is 0 Å². The fourth-order valence-electron chi connectivity index (χ4n) is 2.31. The predicted molar refractivity (Wildman–Crippen MR) is 68.3 cm³/mol. The summed E-state index contributed by atoms with van der Waals surface area (Å²) < 4.78 is 0. The summed E-state index contributed by atoms with van der Waals surface area (Å²) in [5.74, 6) is 0.607.